The highest BCUT2D eigenvalue weighted by Crippen LogP contribution is 2.22. The van der Waals surface area contributed by atoms with Crippen LogP contribution in [-0.2, 0) is 17.7 Å². The van der Waals surface area contributed by atoms with Gasteiger partial charge in [0.05, 0.1) is 28.6 Å². The van der Waals surface area contributed by atoms with E-state index >= 15 is 0 Å². The molecule has 0 saturated heterocycles. The Bertz CT molecular complexity index is 325. The zero-order valence-corrected chi connectivity index (χ0v) is 10.9. The van der Waals surface area contributed by atoms with E-state index in [0.29, 0.717) is 13.0 Å². The minimum atomic E-state index is -0.479. The average molecular weight is 277 g/mol. The van der Waals surface area contributed by atoms with E-state index in [2.05, 4.69) is 21.0 Å². The lowest BCUT2D eigenvalue weighted by atomic mass is 10.2. The van der Waals surface area contributed by atoms with Crippen molar-refractivity contribution in [2.45, 2.75) is 32.9 Å². The summed E-state index contributed by atoms with van der Waals surface area (Å²) >= 11 is 3.49. The molecule has 0 aliphatic carbocycles. The minimum Gasteiger partial charge on any atom is -0.390 e. The molecule has 1 aromatic rings. The first-order valence-corrected chi connectivity index (χ1v) is 5.78. The molecule has 4 nitrogen and oxygen atoms in total. The van der Waals surface area contributed by atoms with E-state index < -0.39 is 6.10 Å². The van der Waals surface area contributed by atoms with Crippen LogP contribution >= 0.6 is 15.9 Å². The predicted molar refractivity (Wildman–Crippen MR) is 61.9 cm³/mol. The topological polar surface area (TPSA) is 47.3 Å². The maximum atomic E-state index is 9.67. The first-order valence-electron chi connectivity index (χ1n) is 4.98. The summed E-state index contributed by atoms with van der Waals surface area (Å²) in [5.74, 6) is 0. The summed E-state index contributed by atoms with van der Waals surface area (Å²) in [5.41, 5.74) is 1.98. The molecule has 0 saturated carbocycles. The molecule has 0 fully saturated rings. The Morgan fingerprint density at radius 1 is 1.60 bits per heavy atom. The summed E-state index contributed by atoms with van der Waals surface area (Å²) in [7, 11) is 1.58. The molecule has 0 aliphatic rings. The van der Waals surface area contributed by atoms with E-state index in [1.807, 2.05) is 18.5 Å². The van der Waals surface area contributed by atoms with Crippen molar-refractivity contribution >= 4 is 15.9 Å². The summed E-state index contributed by atoms with van der Waals surface area (Å²) in [4.78, 5) is 0. The second-order valence-corrected chi connectivity index (χ2v) is 4.27. The molecule has 1 N–H and O–H groups in total. The van der Waals surface area contributed by atoms with Gasteiger partial charge in [-0.3, -0.25) is 4.68 Å². The highest BCUT2D eigenvalue weighted by atomic mass is 79.9. The number of aliphatic hydroxyl groups excluding tert-OH is 1. The summed E-state index contributed by atoms with van der Waals surface area (Å²) in [5, 5.41) is 14.0. The normalized spacial score (nSPS) is 13.1. The van der Waals surface area contributed by atoms with Crippen molar-refractivity contribution in [2.75, 3.05) is 13.7 Å². The molecule has 5 heteroatoms. The Morgan fingerprint density at radius 3 is 2.80 bits per heavy atom. The van der Waals surface area contributed by atoms with Gasteiger partial charge in [0.25, 0.3) is 0 Å². The van der Waals surface area contributed by atoms with Gasteiger partial charge in [-0.2, -0.15) is 5.10 Å². The van der Waals surface area contributed by atoms with Crippen LogP contribution in [0.25, 0.3) is 0 Å². The molecule has 0 radical (unpaired) electrons. The number of hydrogen-bond acceptors (Lipinski definition) is 3. The van der Waals surface area contributed by atoms with Crippen LogP contribution < -0.4 is 0 Å². The molecule has 0 amide bonds. The van der Waals surface area contributed by atoms with Crippen molar-refractivity contribution in [3.8, 4) is 0 Å². The van der Waals surface area contributed by atoms with Crippen LogP contribution in [0.5, 0.6) is 0 Å². The summed E-state index contributed by atoms with van der Waals surface area (Å²) in [6.45, 7) is 5.13. The smallest absolute Gasteiger partial charge is 0.0829 e. The minimum absolute atomic E-state index is 0.348. The fraction of sp³-hybridized carbons (Fsp3) is 0.700. The van der Waals surface area contributed by atoms with Crippen molar-refractivity contribution in [3.63, 3.8) is 0 Å². The van der Waals surface area contributed by atoms with Crippen LogP contribution in [0.3, 0.4) is 0 Å². The zero-order valence-electron chi connectivity index (χ0n) is 9.33. The molecule has 86 valence electrons. The number of halogens is 1. The van der Waals surface area contributed by atoms with Gasteiger partial charge in [0.1, 0.15) is 0 Å². The van der Waals surface area contributed by atoms with Crippen LogP contribution in [0.1, 0.15) is 18.3 Å². The van der Waals surface area contributed by atoms with Crippen molar-refractivity contribution in [1.29, 1.82) is 0 Å². The maximum absolute atomic E-state index is 9.67. The third kappa shape index (κ3) is 3.03. The molecule has 1 aromatic heterocycles. The standard InChI is InChI=1S/C10H17BrN2O2/c1-4-13-9(5-8(14)6-15-3)10(11)7(2)12-13/h8,14H,4-6H2,1-3H3. The molecule has 0 bridgehead atoms. The quantitative estimate of drug-likeness (QED) is 0.887. The number of ether oxygens (including phenoxy) is 1. The SMILES string of the molecule is CCn1nc(C)c(Br)c1CC(O)COC. The van der Waals surface area contributed by atoms with E-state index in [1.165, 1.54) is 0 Å². The lowest BCUT2D eigenvalue weighted by Gasteiger charge is -2.10. The van der Waals surface area contributed by atoms with Gasteiger partial charge in [0.2, 0.25) is 0 Å². The molecule has 1 atom stereocenters. The summed E-state index contributed by atoms with van der Waals surface area (Å²) in [6.07, 6.45) is 0.0797. The molecule has 0 aromatic carbocycles. The fourth-order valence-corrected chi connectivity index (χ4v) is 1.98. The monoisotopic (exact) mass is 276 g/mol. The highest BCUT2D eigenvalue weighted by Gasteiger charge is 2.15. The third-order valence-corrected chi connectivity index (χ3v) is 3.27. The predicted octanol–water partition coefficient (Wildman–Crippen LogP) is 1.52. The number of aliphatic hydroxyl groups is 1. The first kappa shape index (κ1) is 12.7. The van der Waals surface area contributed by atoms with Crippen LogP contribution in [0.2, 0.25) is 0 Å². The highest BCUT2D eigenvalue weighted by molar-refractivity contribution is 9.10. The molecule has 15 heavy (non-hydrogen) atoms. The van der Waals surface area contributed by atoms with Crippen molar-refractivity contribution in [1.82, 2.24) is 9.78 Å². The molecule has 0 aliphatic heterocycles. The molecule has 0 spiro atoms. The van der Waals surface area contributed by atoms with Crippen LogP contribution in [0, 0.1) is 6.92 Å². The van der Waals surface area contributed by atoms with E-state index in [9.17, 15) is 5.11 Å². The number of rotatable bonds is 5. The Kier molecular flexibility index (Phi) is 4.76. The number of methoxy groups -OCH3 is 1. The summed E-state index contributed by atoms with van der Waals surface area (Å²) in [6, 6.07) is 0. The Labute approximate surface area is 98.4 Å². The lowest BCUT2D eigenvalue weighted by Crippen LogP contribution is -2.19. The largest absolute Gasteiger partial charge is 0.390 e. The molecule has 1 unspecified atom stereocenters. The zero-order chi connectivity index (χ0) is 11.4. The fourth-order valence-electron chi connectivity index (χ4n) is 1.54. The lowest BCUT2D eigenvalue weighted by molar-refractivity contribution is 0.0636. The Hall–Kier alpha value is -0.390. The van der Waals surface area contributed by atoms with E-state index in [0.717, 1.165) is 22.4 Å². The second kappa shape index (κ2) is 5.63. The Balaban J connectivity index is 2.82. The molecule has 1 rings (SSSR count). The number of hydrogen-bond donors (Lipinski definition) is 1. The molecular formula is C10H17BrN2O2. The van der Waals surface area contributed by atoms with Gasteiger partial charge < -0.3 is 9.84 Å². The van der Waals surface area contributed by atoms with Crippen molar-refractivity contribution in [3.05, 3.63) is 15.9 Å². The van der Waals surface area contributed by atoms with Gasteiger partial charge in [-0.15, -0.1) is 0 Å². The van der Waals surface area contributed by atoms with Gasteiger partial charge in [-0.05, 0) is 29.8 Å². The maximum Gasteiger partial charge on any atom is 0.0829 e. The van der Waals surface area contributed by atoms with Crippen LogP contribution in [0.4, 0.5) is 0 Å². The van der Waals surface area contributed by atoms with Gasteiger partial charge in [-0.1, -0.05) is 0 Å². The molecular weight excluding hydrogens is 260 g/mol. The number of nitrogens with zero attached hydrogens (tertiary/aromatic N) is 2. The van der Waals surface area contributed by atoms with E-state index in [1.54, 1.807) is 7.11 Å². The van der Waals surface area contributed by atoms with Gasteiger partial charge >= 0.3 is 0 Å². The van der Waals surface area contributed by atoms with E-state index in [-0.39, 0.29) is 0 Å². The molecule has 1 heterocycles. The second-order valence-electron chi connectivity index (χ2n) is 3.48. The van der Waals surface area contributed by atoms with Gasteiger partial charge in [0.15, 0.2) is 0 Å². The van der Waals surface area contributed by atoms with E-state index in [4.69, 9.17) is 4.74 Å². The van der Waals surface area contributed by atoms with Gasteiger partial charge in [-0.25, -0.2) is 0 Å². The van der Waals surface area contributed by atoms with Crippen LogP contribution in [-0.4, -0.2) is 34.7 Å². The van der Waals surface area contributed by atoms with Crippen molar-refractivity contribution in [2.24, 2.45) is 0 Å². The van der Waals surface area contributed by atoms with Gasteiger partial charge in [0, 0.05) is 20.1 Å². The average Bonchev–Trinajstić information content (AvgIpc) is 2.46. The summed E-state index contributed by atoms with van der Waals surface area (Å²) < 4.78 is 7.79. The van der Waals surface area contributed by atoms with Crippen LogP contribution in [0.15, 0.2) is 4.47 Å². The number of aryl methyl sites for hydroxylation is 2. The Morgan fingerprint density at radius 2 is 2.27 bits per heavy atom. The first-order chi connectivity index (χ1) is 7.10. The third-order valence-electron chi connectivity index (χ3n) is 2.24. The number of aromatic nitrogens is 2. The van der Waals surface area contributed by atoms with Crippen molar-refractivity contribution < 1.29 is 9.84 Å².